The third-order valence-corrected chi connectivity index (χ3v) is 6.11. The van der Waals surface area contributed by atoms with Crippen molar-refractivity contribution in [2.45, 2.75) is 24.7 Å². The number of nitrogen functional groups attached to an aromatic ring is 1. The Balaban J connectivity index is 2.10. The molecule has 0 saturated carbocycles. The van der Waals surface area contributed by atoms with Gasteiger partial charge in [-0.3, -0.25) is 4.98 Å². The van der Waals surface area contributed by atoms with E-state index in [2.05, 4.69) is 11.9 Å². The second kappa shape index (κ2) is 5.27. The van der Waals surface area contributed by atoms with Crippen molar-refractivity contribution in [1.82, 2.24) is 9.29 Å². The van der Waals surface area contributed by atoms with Crippen molar-refractivity contribution < 1.29 is 8.42 Å². The highest BCUT2D eigenvalue weighted by atomic mass is 32.2. The Bertz CT molecular complexity index is 774. The summed E-state index contributed by atoms with van der Waals surface area (Å²) in [6.07, 6.45) is 3.53. The molecule has 1 aromatic heterocycles. The number of hydrogen-bond donors (Lipinski definition) is 1. The molecule has 1 aromatic carbocycles. The second-order valence-electron chi connectivity index (χ2n) is 5.48. The molecular formula is C15H19N3O2S. The molecule has 6 heteroatoms. The molecule has 1 aliphatic rings. The molecule has 0 amide bonds. The summed E-state index contributed by atoms with van der Waals surface area (Å²) in [6, 6.07) is 6.77. The van der Waals surface area contributed by atoms with Crippen molar-refractivity contribution in [1.29, 1.82) is 0 Å². The molecule has 112 valence electrons. The Labute approximate surface area is 124 Å². The molecule has 1 unspecified atom stereocenters. The Kier molecular flexibility index (Phi) is 3.59. The van der Waals surface area contributed by atoms with Crippen molar-refractivity contribution in [3.05, 3.63) is 30.5 Å². The van der Waals surface area contributed by atoms with E-state index in [0.29, 0.717) is 35.6 Å². The zero-order valence-corrected chi connectivity index (χ0v) is 12.8. The highest BCUT2D eigenvalue weighted by Crippen LogP contribution is 2.31. The van der Waals surface area contributed by atoms with Crippen LogP contribution in [0.1, 0.15) is 19.8 Å². The van der Waals surface area contributed by atoms with Crippen molar-refractivity contribution in [3.8, 4) is 0 Å². The van der Waals surface area contributed by atoms with Crippen LogP contribution in [0.15, 0.2) is 35.4 Å². The zero-order chi connectivity index (χ0) is 15.0. The van der Waals surface area contributed by atoms with E-state index in [9.17, 15) is 8.42 Å². The molecule has 1 atom stereocenters. The molecule has 2 aromatic rings. The van der Waals surface area contributed by atoms with E-state index in [1.807, 2.05) is 0 Å². The van der Waals surface area contributed by atoms with Gasteiger partial charge in [0.1, 0.15) is 4.90 Å². The highest BCUT2D eigenvalue weighted by Gasteiger charge is 2.33. The zero-order valence-electron chi connectivity index (χ0n) is 12.0. The summed E-state index contributed by atoms with van der Waals surface area (Å²) in [5.74, 6) is 0.452. The second-order valence-corrected chi connectivity index (χ2v) is 7.38. The number of rotatable bonds is 3. The lowest BCUT2D eigenvalue weighted by Crippen LogP contribution is -2.29. The molecule has 0 spiro atoms. The van der Waals surface area contributed by atoms with Crippen LogP contribution in [0.25, 0.3) is 10.9 Å². The third kappa shape index (κ3) is 2.38. The molecule has 2 heterocycles. The number of nitrogens with zero attached hydrogens (tertiary/aromatic N) is 2. The van der Waals surface area contributed by atoms with Crippen molar-refractivity contribution >= 4 is 26.6 Å². The largest absolute Gasteiger partial charge is 0.398 e. The van der Waals surface area contributed by atoms with Crippen molar-refractivity contribution in [2.24, 2.45) is 5.92 Å². The molecule has 0 aliphatic carbocycles. The molecule has 1 fully saturated rings. The number of aromatic nitrogens is 1. The van der Waals surface area contributed by atoms with Crippen LogP contribution in [0.2, 0.25) is 0 Å². The first-order chi connectivity index (χ1) is 10.0. The topological polar surface area (TPSA) is 76.3 Å². The van der Waals surface area contributed by atoms with Gasteiger partial charge in [0.15, 0.2) is 0 Å². The summed E-state index contributed by atoms with van der Waals surface area (Å²) < 4.78 is 27.3. The number of nitrogens with two attached hydrogens (primary N) is 1. The summed E-state index contributed by atoms with van der Waals surface area (Å²) in [5, 5.41) is 0.685. The predicted molar refractivity (Wildman–Crippen MR) is 83.3 cm³/mol. The summed E-state index contributed by atoms with van der Waals surface area (Å²) in [4.78, 5) is 4.49. The van der Waals surface area contributed by atoms with E-state index in [-0.39, 0.29) is 4.90 Å². The summed E-state index contributed by atoms with van der Waals surface area (Å²) in [6.45, 7) is 3.28. The maximum atomic E-state index is 12.9. The van der Waals surface area contributed by atoms with Gasteiger partial charge in [-0.25, -0.2) is 8.42 Å². The molecule has 3 rings (SSSR count). The molecule has 0 bridgehead atoms. The van der Waals surface area contributed by atoms with Gasteiger partial charge < -0.3 is 5.73 Å². The fraction of sp³-hybridized carbons (Fsp3) is 0.400. The molecule has 1 aliphatic heterocycles. The summed E-state index contributed by atoms with van der Waals surface area (Å²) in [7, 11) is -3.51. The van der Waals surface area contributed by atoms with Crippen LogP contribution in [0.5, 0.6) is 0 Å². The predicted octanol–water partition coefficient (Wildman–Crippen LogP) is 2.24. The van der Waals surface area contributed by atoms with E-state index >= 15 is 0 Å². The number of benzene rings is 1. The van der Waals surface area contributed by atoms with Gasteiger partial charge in [-0.2, -0.15) is 4.31 Å². The van der Waals surface area contributed by atoms with Crippen LogP contribution in [-0.4, -0.2) is 30.8 Å². The number of anilines is 1. The number of fused-ring (bicyclic) bond motifs is 1. The fourth-order valence-electron chi connectivity index (χ4n) is 2.86. The minimum Gasteiger partial charge on any atom is -0.398 e. The van der Waals surface area contributed by atoms with Gasteiger partial charge in [0.25, 0.3) is 0 Å². The van der Waals surface area contributed by atoms with Crippen LogP contribution >= 0.6 is 0 Å². The van der Waals surface area contributed by atoms with Gasteiger partial charge in [-0.1, -0.05) is 13.3 Å². The van der Waals surface area contributed by atoms with E-state index in [1.54, 1.807) is 34.8 Å². The fourth-order valence-corrected chi connectivity index (χ4v) is 4.54. The standard InChI is InChI=1S/C15H19N3O2S/c1-2-11-7-9-18(10-11)21(19,20)14-6-5-13(16)12-4-3-8-17-15(12)14/h3-6,8,11H,2,7,9-10,16H2,1H3. The van der Waals surface area contributed by atoms with Gasteiger partial charge in [0, 0.05) is 30.4 Å². The summed E-state index contributed by atoms with van der Waals surface area (Å²) >= 11 is 0. The van der Waals surface area contributed by atoms with Gasteiger partial charge in [0.05, 0.1) is 5.52 Å². The third-order valence-electron chi connectivity index (χ3n) is 4.21. The Morgan fingerprint density at radius 2 is 2.19 bits per heavy atom. The van der Waals surface area contributed by atoms with E-state index in [1.165, 1.54) is 0 Å². The SMILES string of the molecule is CCC1CCN(S(=O)(=O)c2ccc(N)c3cccnc23)C1. The van der Waals surface area contributed by atoms with Crippen LogP contribution in [0.3, 0.4) is 0 Å². The lowest BCUT2D eigenvalue weighted by Gasteiger charge is -2.17. The first-order valence-electron chi connectivity index (χ1n) is 7.17. The number of pyridine rings is 1. The lowest BCUT2D eigenvalue weighted by molar-refractivity contribution is 0.453. The van der Waals surface area contributed by atoms with E-state index < -0.39 is 10.0 Å². The van der Waals surface area contributed by atoms with Crippen molar-refractivity contribution in [3.63, 3.8) is 0 Å². The highest BCUT2D eigenvalue weighted by molar-refractivity contribution is 7.89. The average Bonchev–Trinajstić information content (AvgIpc) is 2.97. The molecule has 2 N–H and O–H groups in total. The number of sulfonamides is 1. The van der Waals surface area contributed by atoms with Crippen LogP contribution in [0, 0.1) is 5.92 Å². The minimum atomic E-state index is -3.51. The van der Waals surface area contributed by atoms with Crippen LogP contribution < -0.4 is 5.73 Å². The first kappa shape index (κ1) is 14.3. The normalized spacial score (nSPS) is 20.1. The van der Waals surface area contributed by atoms with Crippen LogP contribution in [0.4, 0.5) is 5.69 Å². The maximum Gasteiger partial charge on any atom is 0.245 e. The quantitative estimate of drug-likeness (QED) is 0.882. The maximum absolute atomic E-state index is 12.9. The van der Waals surface area contributed by atoms with Gasteiger partial charge in [0.2, 0.25) is 10.0 Å². The Morgan fingerprint density at radius 1 is 1.38 bits per heavy atom. The smallest absolute Gasteiger partial charge is 0.245 e. The molecule has 1 saturated heterocycles. The molecular weight excluding hydrogens is 286 g/mol. The van der Waals surface area contributed by atoms with Gasteiger partial charge >= 0.3 is 0 Å². The van der Waals surface area contributed by atoms with Crippen LogP contribution in [-0.2, 0) is 10.0 Å². The molecule has 0 radical (unpaired) electrons. The first-order valence-corrected chi connectivity index (χ1v) is 8.61. The van der Waals surface area contributed by atoms with E-state index in [4.69, 9.17) is 5.73 Å². The van der Waals surface area contributed by atoms with Gasteiger partial charge in [-0.15, -0.1) is 0 Å². The average molecular weight is 305 g/mol. The molecule has 5 nitrogen and oxygen atoms in total. The lowest BCUT2D eigenvalue weighted by atomic mass is 10.1. The number of hydrogen-bond acceptors (Lipinski definition) is 4. The van der Waals surface area contributed by atoms with Crippen molar-refractivity contribution in [2.75, 3.05) is 18.8 Å². The van der Waals surface area contributed by atoms with Gasteiger partial charge in [-0.05, 0) is 36.6 Å². The Morgan fingerprint density at radius 3 is 2.90 bits per heavy atom. The van der Waals surface area contributed by atoms with E-state index in [0.717, 1.165) is 12.8 Å². The monoisotopic (exact) mass is 305 g/mol. The molecule has 21 heavy (non-hydrogen) atoms. The minimum absolute atomic E-state index is 0.254. The summed E-state index contributed by atoms with van der Waals surface area (Å²) in [5.41, 5.74) is 6.92. The Hall–Kier alpha value is -1.66.